The molecule has 1 aromatic rings. The van der Waals surface area contributed by atoms with Gasteiger partial charge < -0.3 is 10.8 Å². The van der Waals surface area contributed by atoms with Crippen LogP contribution in [0.5, 0.6) is 0 Å². The lowest BCUT2D eigenvalue weighted by Crippen LogP contribution is -2.25. The van der Waals surface area contributed by atoms with E-state index in [0.29, 0.717) is 5.92 Å². The van der Waals surface area contributed by atoms with Gasteiger partial charge in [0.2, 0.25) is 0 Å². The predicted molar refractivity (Wildman–Crippen MR) is 71.8 cm³/mol. The van der Waals surface area contributed by atoms with E-state index in [1.807, 2.05) is 18.2 Å². The highest BCUT2D eigenvalue weighted by molar-refractivity contribution is 5.48. The molecule has 2 unspecified atom stereocenters. The molecule has 0 saturated carbocycles. The number of hydrogen-bond acceptors (Lipinski definition) is 2. The SMILES string of the molecule is CCCC(C)CC1(O)CCc2cc(N)ccc21. The Morgan fingerprint density at radius 3 is 2.94 bits per heavy atom. The Morgan fingerprint density at radius 2 is 2.24 bits per heavy atom. The van der Waals surface area contributed by atoms with E-state index >= 15 is 0 Å². The molecule has 0 amide bonds. The van der Waals surface area contributed by atoms with Crippen LogP contribution in [0.1, 0.15) is 50.7 Å². The molecule has 3 N–H and O–H groups in total. The molecule has 2 rings (SSSR count). The van der Waals surface area contributed by atoms with Gasteiger partial charge in [0.25, 0.3) is 0 Å². The second-order valence-corrected chi connectivity index (χ2v) is 5.55. The fraction of sp³-hybridized carbons (Fsp3) is 0.600. The van der Waals surface area contributed by atoms with Crippen LogP contribution in [0, 0.1) is 5.92 Å². The minimum atomic E-state index is -0.613. The summed E-state index contributed by atoms with van der Waals surface area (Å²) in [5.41, 5.74) is 8.31. The molecule has 0 fully saturated rings. The monoisotopic (exact) mass is 233 g/mol. The fourth-order valence-electron chi connectivity index (χ4n) is 3.13. The number of rotatable bonds is 4. The second-order valence-electron chi connectivity index (χ2n) is 5.55. The summed E-state index contributed by atoms with van der Waals surface area (Å²) in [6, 6.07) is 5.92. The number of nitrogens with two attached hydrogens (primary N) is 1. The Bertz CT molecular complexity index is 402. The molecule has 0 bridgehead atoms. The maximum Gasteiger partial charge on any atom is 0.0905 e. The molecule has 1 aliphatic carbocycles. The van der Waals surface area contributed by atoms with Crippen molar-refractivity contribution in [3.63, 3.8) is 0 Å². The normalized spacial score (nSPS) is 24.6. The van der Waals surface area contributed by atoms with Crippen LogP contribution < -0.4 is 5.73 Å². The van der Waals surface area contributed by atoms with Crippen molar-refractivity contribution >= 4 is 5.69 Å². The largest absolute Gasteiger partial charge is 0.399 e. The van der Waals surface area contributed by atoms with Crippen molar-refractivity contribution in [1.29, 1.82) is 0 Å². The van der Waals surface area contributed by atoms with Gasteiger partial charge in [-0.3, -0.25) is 0 Å². The Kier molecular flexibility index (Phi) is 3.43. The standard InChI is InChI=1S/C15H23NO/c1-3-4-11(2)10-15(17)8-7-12-9-13(16)5-6-14(12)15/h5-6,9,11,17H,3-4,7-8,10,16H2,1-2H3. The van der Waals surface area contributed by atoms with Crippen molar-refractivity contribution in [1.82, 2.24) is 0 Å². The highest BCUT2D eigenvalue weighted by atomic mass is 16.3. The molecule has 1 aliphatic rings. The molecule has 0 aromatic heterocycles. The maximum atomic E-state index is 10.8. The molecule has 0 spiro atoms. The zero-order valence-corrected chi connectivity index (χ0v) is 10.9. The van der Waals surface area contributed by atoms with Crippen LogP contribution in [-0.2, 0) is 12.0 Å². The zero-order chi connectivity index (χ0) is 12.5. The summed E-state index contributed by atoms with van der Waals surface area (Å²) < 4.78 is 0. The van der Waals surface area contributed by atoms with E-state index in [-0.39, 0.29) is 0 Å². The molecule has 2 nitrogen and oxygen atoms in total. The molecule has 2 atom stereocenters. The maximum absolute atomic E-state index is 10.8. The number of aliphatic hydroxyl groups is 1. The van der Waals surface area contributed by atoms with Gasteiger partial charge in [-0.25, -0.2) is 0 Å². The van der Waals surface area contributed by atoms with E-state index in [2.05, 4.69) is 13.8 Å². The first-order valence-corrected chi connectivity index (χ1v) is 6.66. The average Bonchev–Trinajstić information content (AvgIpc) is 2.56. The van der Waals surface area contributed by atoms with Gasteiger partial charge in [-0.1, -0.05) is 32.8 Å². The van der Waals surface area contributed by atoms with Crippen molar-refractivity contribution in [2.45, 2.75) is 51.6 Å². The number of hydrogen-bond donors (Lipinski definition) is 2. The van der Waals surface area contributed by atoms with Crippen molar-refractivity contribution in [2.24, 2.45) is 5.92 Å². The fourth-order valence-corrected chi connectivity index (χ4v) is 3.13. The number of fused-ring (bicyclic) bond motifs is 1. The first kappa shape index (κ1) is 12.4. The van der Waals surface area contributed by atoms with Crippen LogP contribution in [0.2, 0.25) is 0 Å². The summed E-state index contributed by atoms with van der Waals surface area (Å²) >= 11 is 0. The third kappa shape index (κ3) is 2.47. The Labute approximate surface area is 104 Å². The van der Waals surface area contributed by atoms with Crippen molar-refractivity contribution in [3.8, 4) is 0 Å². The van der Waals surface area contributed by atoms with Gasteiger partial charge in [0.05, 0.1) is 5.60 Å². The van der Waals surface area contributed by atoms with Crippen LogP contribution in [0.15, 0.2) is 18.2 Å². The number of benzene rings is 1. The minimum absolute atomic E-state index is 0.577. The Morgan fingerprint density at radius 1 is 1.47 bits per heavy atom. The molecule has 0 radical (unpaired) electrons. The molecule has 0 saturated heterocycles. The number of aryl methyl sites for hydroxylation is 1. The van der Waals surface area contributed by atoms with Gasteiger partial charge >= 0.3 is 0 Å². The van der Waals surface area contributed by atoms with E-state index in [1.165, 1.54) is 18.4 Å². The average molecular weight is 233 g/mol. The first-order chi connectivity index (χ1) is 8.05. The molecule has 2 heteroatoms. The summed E-state index contributed by atoms with van der Waals surface area (Å²) in [5.74, 6) is 0.577. The molecular weight excluding hydrogens is 210 g/mol. The molecule has 1 aromatic carbocycles. The Balaban J connectivity index is 2.19. The lowest BCUT2D eigenvalue weighted by molar-refractivity contribution is 0.0139. The van der Waals surface area contributed by atoms with Crippen molar-refractivity contribution in [3.05, 3.63) is 29.3 Å². The second kappa shape index (κ2) is 4.69. The summed E-state index contributed by atoms with van der Waals surface area (Å²) in [4.78, 5) is 0. The third-order valence-electron chi connectivity index (χ3n) is 3.91. The molecule has 0 heterocycles. The lowest BCUT2D eigenvalue weighted by Gasteiger charge is -2.27. The topological polar surface area (TPSA) is 46.2 Å². The number of nitrogen functional groups attached to an aromatic ring is 1. The van der Waals surface area contributed by atoms with Gasteiger partial charge in [-0.05, 0) is 48.4 Å². The van der Waals surface area contributed by atoms with E-state index in [1.54, 1.807) is 0 Å². The highest BCUT2D eigenvalue weighted by Gasteiger charge is 2.37. The molecule has 0 aliphatic heterocycles. The van der Waals surface area contributed by atoms with Gasteiger partial charge in [0, 0.05) is 5.69 Å². The summed E-state index contributed by atoms with van der Waals surface area (Å²) in [5, 5.41) is 10.8. The predicted octanol–water partition coefficient (Wildman–Crippen LogP) is 3.23. The van der Waals surface area contributed by atoms with Gasteiger partial charge in [-0.15, -0.1) is 0 Å². The lowest BCUT2D eigenvalue weighted by atomic mass is 9.85. The number of anilines is 1. The van der Waals surface area contributed by atoms with E-state index in [9.17, 15) is 5.11 Å². The van der Waals surface area contributed by atoms with Gasteiger partial charge in [0.1, 0.15) is 0 Å². The van der Waals surface area contributed by atoms with Crippen LogP contribution in [-0.4, -0.2) is 5.11 Å². The van der Waals surface area contributed by atoms with Crippen LogP contribution in [0.3, 0.4) is 0 Å². The van der Waals surface area contributed by atoms with E-state index in [0.717, 1.165) is 30.5 Å². The van der Waals surface area contributed by atoms with E-state index in [4.69, 9.17) is 5.73 Å². The van der Waals surface area contributed by atoms with E-state index < -0.39 is 5.60 Å². The van der Waals surface area contributed by atoms with Crippen LogP contribution in [0.4, 0.5) is 5.69 Å². The summed E-state index contributed by atoms with van der Waals surface area (Å²) in [7, 11) is 0. The van der Waals surface area contributed by atoms with Crippen molar-refractivity contribution in [2.75, 3.05) is 5.73 Å². The molecule has 94 valence electrons. The van der Waals surface area contributed by atoms with Crippen LogP contribution >= 0.6 is 0 Å². The van der Waals surface area contributed by atoms with Crippen molar-refractivity contribution < 1.29 is 5.11 Å². The minimum Gasteiger partial charge on any atom is -0.399 e. The Hall–Kier alpha value is -1.02. The van der Waals surface area contributed by atoms with Gasteiger partial charge in [-0.2, -0.15) is 0 Å². The third-order valence-corrected chi connectivity index (χ3v) is 3.91. The molecule has 17 heavy (non-hydrogen) atoms. The van der Waals surface area contributed by atoms with Gasteiger partial charge in [0.15, 0.2) is 0 Å². The quantitative estimate of drug-likeness (QED) is 0.784. The smallest absolute Gasteiger partial charge is 0.0905 e. The summed E-state index contributed by atoms with van der Waals surface area (Å²) in [6.07, 6.45) is 5.05. The highest BCUT2D eigenvalue weighted by Crippen LogP contribution is 2.42. The first-order valence-electron chi connectivity index (χ1n) is 6.66. The summed E-state index contributed by atoms with van der Waals surface area (Å²) in [6.45, 7) is 4.43. The van der Waals surface area contributed by atoms with Crippen LogP contribution in [0.25, 0.3) is 0 Å². The zero-order valence-electron chi connectivity index (χ0n) is 10.9. The molecular formula is C15H23NO.